The molecule has 8 nitrogen and oxygen atoms in total. The van der Waals surface area contributed by atoms with Crippen molar-refractivity contribution in [2.75, 3.05) is 50.2 Å². The molecule has 1 atom stereocenters. The first kappa shape index (κ1) is 25.1. The number of anilines is 2. The van der Waals surface area contributed by atoms with Gasteiger partial charge in [-0.25, -0.2) is 15.0 Å². The maximum Gasteiger partial charge on any atom is 0.212 e. The molecule has 1 N–H and O–H groups in total. The van der Waals surface area contributed by atoms with Gasteiger partial charge in [0.25, 0.3) is 0 Å². The molecule has 1 aliphatic rings. The number of rotatable bonds is 13. The number of aryl methyl sites for hydroxylation is 1. The van der Waals surface area contributed by atoms with Gasteiger partial charge in [0, 0.05) is 61.6 Å². The molecule has 9 heteroatoms. The summed E-state index contributed by atoms with van der Waals surface area (Å²) in [6, 6.07) is 7.99. The van der Waals surface area contributed by atoms with Crippen LogP contribution in [0.5, 0.6) is 5.88 Å². The average molecular weight is 496 g/mol. The van der Waals surface area contributed by atoms with Crippen LogP contribution in [0, 0.1) is 0 Å². The number of ether oxygens (including phenoxy) is 2. The number of aromatic nitrogens is 3. The number of methoxy groups -OCH3 is 1. The first-order valence-corrected chi connectivity index (χ1v) is 13.0. The van der Waals surface area contributed by atoms with Gasteiger partial charge in [0.2, 0.25) is 5.88 Å². The highest BCUT2D eigenvalue weighted by Crippen LogP contribution is 2.25. The number of carbonyl (C=O) groups is 1. The second kappa shape index (κ2) is 13.2. The third-order valence-electron chi connectivity index (χ3n) is 6.12. The van der Waals surface area contributed by atoms with E-state index in [9.17, 15) is 4.79 Å². The summed E-state index contributed by atoms with van der Waals surface area (Å²) in [5, 5.41) is 6.71. The largest absolute Gasteiger partial charge is 0.481 e. The van der Waals surface area contributed by atoms with Crippen LogP contribution in [-0.2, 0) is 22.4 Å². The Kier molecular flexibility index (Phi) is 9.42. The highest BCUT2D eigenvalue weighted by Gasteiger charge is 2.15. The Balaban J connectivity index is 1.21. The summed E-state index contributed by atoms with van der Waals surface area (Å²) in [5.41, 5.74) is 3.26. The second-order valence-corrected chi connectivity index (χ2v) is 9.50. The minimum Gasteiger partial charge on any atom is -0.481 e. The molecule has 0 saturated carbocycles. The molecular formula is C26H33N5O3S. The van der Waals surface area contributed by atoms with Crippen molar-refractivity contribution in [3.05, 3.63) is 58.3 Å². The van der Waals surface area contributed by atoms with E-state index >= 15 is 0 Å². The summed E-state index contributed by atoms with van der Waals surface area (Å²) in [7, 11) is 1.60. The van der Waals surface area contributed by atoms with Crippen LogP contribution in [-0.4, -0.2) is 61.2 Å². The molecule has 0 aromatic carbocycles. The van der Waals surface area contributed by atoms with Gasteiger partial charge in [0.15, 0.2) is 0 Å². The van der Waals surface area contributed by atoms with Gasteiger partial charge in [-0.05, 0) is 43.2 Å². The van der Waals surface area contributed by atoms with Crippen molar-refractivity contribution in [3.8, 4) is 5.88 Å². The van der Waals surface area contributed by atoms with Gasteiger partial charge < -0.3 is 24.5 Å². The van der Waals surface area contributed by atoms with Gasteiger partial charge in [-0.15, -0.1) is 11.3 Å². The minimum absolute atomic E-state index is 0.0748. The molecule has 0 spiro atoms. The highest BCUT2D eigenvalue weighted by atomic mass is 32.1. The smallest absolute Gasteiger partial charge is 0.212 e. The molecule has 1 saturated heterocycles. The fourth-order valence-corrected chi connectivity index (χ4v) is 5.02. The van der Waals surface area contributed by atoms with Crippen LogP contribution in [0.2, 0.25) is 0 Å². The summed E-state index contributed by atoms with van der Waals surface area (Å²) in [6.45, 7) is 4.28. The monoisotopic (exact) mass is 495 g/mol. The Morgan fingerprint density at radius 3 is 2.89 bits per heavy atom. The maximum absolute atomic E-state index is 11.2. The summed E-state index contributed by atoms with van der Waals surface area (Å²) in [4.78, 5) is 27.1. The Bertz CT molecular complexity index is 1050. The fourth-order valence-electron chi connectivity index (χ4n) is 4.17. The molecule has 35 heavy (non-hydrogen) atoms. The Morgan fingerprint density at radius 1 is 1.23 bits per heavy atom. The Labute approximate surface area is 210 Å². The molecule has 4 heterocycles. The average Bonchev–Trinajstić information content (AvgIpc) is 3.36. The van der Waals surface area contributed by atoms with Crippen LogP contribution in [0.4, 0.5) is 11.5 Å². The van der Waals surface area contributed by atoms with Crippen LogP contribution in [0.25, 0.3) is 0 Å². The summed E-state index contributed by atoms with van der Waals surface area (Å²) in [5.74, 6) is 1.56. The Morgan fingerprint density at radius 2 is 2.11 bits per heavy atom. The van der Waals surface area contributed by atoms with Gasteiger partial charge in [-0.2, -0.15) is 0 Å². The standard InChI is InChI=1S/C26H33N5O3S/c1-33-25-6-5-21(18-29-25)20(8-13-32)16-22-19-35-26(30-22)4-2-3-9-27-24-17-23(7-10-28-24)31-11-14-34-15-12-31/h5-7,10,13,17-20H,2-4,8-9,11-12,14-16H2,1H3,(H,27,28). The summed E-state index contributed by atoms with van der Waals surface area (Å²) >= 11 is 1.70. The van der Waals surface area contributed by atoms with Crippen LogP contribution < -0.4 is 15.0 Å². The van der Waals surface area contributed by atoms with Crippen LogP contribution in [0.15, 0.2) is 42.0 Å². The zero-order valence-electron chi connectivity index (χ0n) is 20.2. The molecule has 3 aromatic heterocycles. The third kappa shape index (κ3) is 7.47. The number of nitrogens with zero attached hydrogens (tertiary/aromatic N) is 4. The van der Waals surface area contributed by atoms with Crippen molar-refractivity contribution in [1.29, 1.82) is 0 Å². The van der Waals surface area contributed by atoms with Crippen molar-refractivity contribution in [2.24, 2.45) is 0 Å². The van der Waals surface area contributed by atoms with Crippen molar-refractivity contribution < 1.29 is 14.3 Å². The predicted octanol–water partition coefficient (Wildman–Crippen LogP) is 4.13. The molecule has 1 fully saturated rings. The van der Waals surface area contributed by atoms with Gasteiger partial charge in [0.1, 0.15) is 12.1 Å². The number of thiazole rings is 1. The lowest BCUT2D eigenvalue weighted by Gasteiger charge is -2.29. The molecule has 4 rings (SSSR count). The first-order chi connectivity index (χ1) is 17.2. The van der Waals surface area contributed by atoms with Crippen LogP contribution in [0.3, 0.4) is 0 Å². The maximum atomic E-state index is 11.2. The summed E-state index contributed by atoms with van der Waals surface area (Å²) < 4.78 is 10.6. The van der Waals surface area contributed by atoms with Gasteiger partial charge in [0.05, 0.1) is 31.0 Å². The van der Waals surface area contributed by atoms with E-state index in [1.807, 2.05) is 18.3 Å². The normalized spacial score (nSPS) is 14.5. The molecule has 0 amide bonds. The number of pyridine rings is 2. The molecule has 0 bridgehead atoms. The van der Waals surface area contributed by atoms with E-state index in [4.69, 9.17) is 14.5 Å². The number of carbonyl (C=O) groups excluding carboxylic acids is 1. The van der Waals surface area contributed by atoms with Crippen molar-refractivity contribution >= 4 is 29.1 Å². The van der Waals surface area contributed by atoms with E-state index in [0.29, 0.717) is 12.3 Å². The number of morpholine rings is 1. The number of aldehydes is 1. The van der Waals surface area contributed by atoms with Gasteiger partial charge >= 0.3 is 0 Å². The predicted molar refractivity (Wildman–Crippen MR) is 139 cm³/mol. The third-order valence-corrected chi connectivity index (χ3v) is 7.08. The lowest BCUT2D eigenvalue weighted by atomic mass is 9.93. The van der Waals surface area contributed by atoms with Crippen molar-refractivity contribution in [2.45, 2.75) is 38.0 Å². The SMILES string of the molecule is COc1ccc(C(CC=O)Cc2csc(CCCCNc3cc(N4CCOCC4)ccn3)n2)cn1. The van der Waals surface area contributed by atoms with E-state index in [-0.39, 0.29) is 5.92 Å². The molecule has 1 unspecified atom stereocenters. The zero-order chi connectivity index (χ0) is 24.3. The molecule has 0 aliphatic carbocycles. The molecular weight excluding hydrogens is 462 g/mol. The van der Waals surface area contributed by atoms with E-state index in [1.165, 1.54) is 5.69 Å². The minimum atomic E-state index is 0.0748. The molecule has 3 aromatic rings. The quantitative estimate of drug-likeness (QED) is 0.280. The number of hydrogen-bond acceptors (Lipinski definition) is 9. The number of unbranched alkanes of at least 4 members (excludes halogenated alkanes) is 1. The van der Waals surface area contributed by atoms with E-state index in [1.54, 1.807) is 24.6 Å². The van der Waals surface area contributed by atoms with Crippen molar-refractivity contribution in [3.63, 3.8) is 0 Å². The Hall–Kier alpha value is -3.04. The van der Waals surface area contributed by atoms with Crippen LogP contribution >= 0.6 is 11.3 Å². The zero-order valence-corrected chi connectivity index (χ0v) is 21.0. The molecule has 0 radical (unpaired) electrons. The van der Waals surface area contributed by atoms with E-state index in [2.05, 4.69) is 37.7 Å². The fraction of sp³-hybridized carbons (Fsp3) is 0.462. The number of nitrogens with one attached hydrogen (secondary N) is 1. The topological polar surface area (TPSA) is 89.5 Å². The summed E-state index contributed by atoms with van der Waals surface area (Å²) in [6.07, 6.45) is 8.87. The lowest BCUT2D eigenvalue weighted by molar-refractivity contribution is -0.108. The van der Waals surface area contributed by atoms with E-state index in [0.717, 1.165) is 86.9 Å². The highest BCUT2D eigenvalue weighted by molar-refractivity contribution is 7.09. The van der Waals surface area contributed by atoms with Crippen molar-refractivity contribution in [1.82, 2.24) is 15.0 Å². The lowest BCUT2D eigenvalue weighted by Crippen LogP contribution is -2.36. The van der Waals surface area contributed by atoms with Crippen LogP contribution in [0.1, 0.15) is 41.4 Å². The second-order valence-electron chi connectivity index (χ2n) is 8.55. The van der Waals surface area contributed by atoms with Gasteiger partial charge in [-0.3, -0.25) is 0 Å². The first-order valence-electron chi connectivity index (χ1n) is 12.1. The van der Waals surface area contributed by atoms with E-state index < -0.39 is 0 Å². The number of hydrogen-bond donors (Lipinski definition) is 1. The molecule has 186 valence electrons. The molecule has 1 aliphatic heterocycles. The van der Waals surface area contributed by atoms with Gasteiger partial charge in [-0.1, -0.05) is 6.07 Å².